The molecule has 1 fully saturated rings. The van der Waals surface area contributed by atoms with Gasteiger partial charge in [0, 0.05) is 36.6 Å². The Morgan fingerprint density at radius 2 is 2.09 bits per heavy atom. The van der Waals surface area contributed by atoms with Crippen LogP contribution in [0, 0.1) is 5.92 Å². The molecule has 0 atom stereocenters. The number of sulfonamides is 1. The van der Waals surface area contributed by atoms with Gasteiger partial charge in [-0.25, -0.2) is 18.2 Å². The van der Waals surface area contributed by atoms with Crippen molar-refractivity contribution in [3.05, 3.63) is 70.0 Å². The van der Waals surface area contributed by atoms with Crippen molar-refractivity contribution in [2.75, 3.05) is 11.3 Å². The van der Waals surface area contributed by atoms with Crippen LogP contribution >= 0.6 is 11.5 Å². The Labute approximate surface area is 204 Å². The molecule has 1 aliphatic carbocycles. The van der Waals surface area contributed by atoms with Crippen LogP contribution in [0.2, 0.25) is 0 Å². The molecule has 10 nitrogen and oxygen atoms in total. The zero-order valence-electron chi connectivity index (χ0n) is 18.5. The van der Waals surface area contributed by atoms with Crippen molar-refractivity contribution in [3.8, 4) is 0 Å². The molecule has 2 aromatic carbocycles. The second-order valence-corrected chi connectivity index (χ2v) is 11.2. The van der Waals surface area contributed by atoms with E-state index >= 15 is 0 Å². The average Bonchev–Trinajstić information content (AvgIpc) is 3.50. The van der Waals surface area contributed by atoms with Crippen molar-refractivity contribution < 1.29 is 17.6 Å². The first kappa shape index (κ1) is 22.0. The number of aromatic nitrogens is 3. The van der Waals surface area contributed by atoms with E-state index in [0.29, 0.717) is 18.6 Å². The lowest BCUT2D eigenvalue weighted by Crippen LogP contribution is -2.37. The number of carbonyl (C=O) groups is 1. The molecule has 0 saturated heterocycles. The van der Waals surface area contributed by atoms with Gasteiger partial charge in [-0.1, -0.05) is 18.2 Å². The average molecular weight is 512 g/mol. The number of fused-ring (bicyclic) bond motifs is 2. The number of nitrogens with one attached hydrogen (secondary N) is 1. The highest BCUT2D eigenvalue weighted by Crippen LogP contribution is 2.33. The van der Waals surface area contributed by atoms with Crippen molar-refractivity contribution in [2.45, 2.75) is 37.2 Å². The summed E-state index contributed by atoms with van der Waals surface area (Å²) >= 11 is 0.920. The molecule has 0 bridgehead atoms. The minimum Gasteiger partial charge on any atom is -0.408 e. The maximum atomic E-state index is 12.7. The number of rotatable bonds is 6. The van der Waals surface area contributed by atoms with Gasteiger partial charge in [0.05, 0.1) is 17.0 Å². The minimum atomic E-state index is -3.92. The fraction of sp³-hybridized carbons (Fsp3) is 0.304. The predicted octanol–water partition coefficient (Wildman–Crippen LogP) is 2.59. The quantitative estimate of drug-likeness (QED) is 0.421. The smallest absolute Gasteiger partial charge is 0.408 e. The molecule has 2 aliphatic rings. The molecule has 2 aromatic heterocycles. The van der Waals surface area contributed by atoms with Crippen LogP contribution in [0.4, 0.5) is 5.13 Å². The van der Waals surface area contributed by atoms with Crippen LogP contribution in [-0.4, -0.2) is 39.7 Å². The molecule has 0 unspecified atom stereocenters. The summed E-state index contributed by atoms with van der Waals surface area (Å²) in [6, 6.07) is 10.3. The lowest BCUT2D eigenvalue weighted by atomic mass is 9.94. The fourth-order valence-corrected chi connectivity index (χ4v) is 6.18. The Balaban J connectivity index is 1.31. The monoisotopic (exact) mass is 511 g/mol. The minimum absolute atomic E-state index is 0.0487. The molecule has 1 amide bonds. The molecule has 1 N–H and O–H groups in total. The molecule has 4 aromatic rings. The number of amides is 1. The largest absolute Gasteiger partial charge is 0.420 e. The molecule has 12 heteroatoms. The number of hydrogen-bond acceptors (Lipinski definition) is 8. The third kappa shape index (κ3) is 4.12. The van der Waals surface area contributed by atoms with E-state index in [4.69, 9.17) is 4.42 Å². The molecular formula is C23H21N5O5S2. The summed E-state index contributed by atoms with van der Waals surface area (Å²) in [5.74, 6) is -0.200. The Kier molecular flexibility index (Phi) is 5.22. The van der Waals surface area contributed by atoms with E-state index in [1.54, 1.807) is 6.07 Å². The number of nitrogens with zero attached hydrogens (tertiary/aromatic N) is 4. The number of benzene rings is 2. The molecule has 3 heterocycles. The van der Waals surface area contributed by atoms with Gasteiger partial charge in [0.1, 0.15) is 6.33 Å². The zero-order valence-corrected chi connectivity index (χ0v) is 20.1. The Hall–Kier alpha value is -3.51. The summed E-state index contributed by atoms with van der Waals surface area (Å²) in [4.78, 5) is 31.1. The first-order valence-electron chi connectivity index (χ1n) is 11.2. The number of oxazole rings is 1. The van der Waals surface area contributed by atoms with Gasteiger partial charge in [0.2, 0.25) is 11.0 Å². The Morgan fingerprint density at radius 1 is 1.23 bits per heavy atom. The lowest BCUT2D eigenvalue weighted by Gasteiger charge is -2.30. The maximum absolute atomic E-state index is 12.7. The summed E-state index contributed by atoms with van der Waals surface area (Å²) in [7, 11) is -3.92. The normalized spacial score (nSPS) is 15.8. The van der Waals surface area contributed by atoms with Crippen LogP contribution in [-0.2, 0) is 34.3 Å². The lowest BCUT2D eigenvalue weighted by molar-refractivity contribution is -0.133. The van der Waals surface area contributed by atoms with Gasteiger partial charge in [-0.15, -0.1) is 0 Å². The van der Waals surface area contributed by atoms with Crippen LogP contribution in [0.5, 0.6) is 0 Å². The third-order valence-corrected chi connectivity index (χ3v) is 8.52. The summed E-state index contributed by atoms with van der Waals surface area (Å²) in [6.07, 6.45) is 3.97. The summed E-state index contributed by atoms with van der Waals surface area (Å²) in [5, 5.41) is 0.146. The van der Waals surface area contributed by atoms with Crippen LogP contribution in [0.1, 0.15) is 29.5 Å². The highest BCUT2D eigenvalue weighted by atomic mass is 32.2. The number of hydrogen-bond donors (Lipinski definition) is 1. The summed E-state index contributed by atoms with van der Waals surface area (Å²) in [6.45, 7) is 1.50. The number of anilines is 1. The zero-order chi connectivity index (χ0) is 24.2. The second-order valence-electron chi connectivity index (χ2n) is 8.77. The highest BCUT2D eigenvalue weighted by Gasteiger charge is 2.35. The van der Waals surface area contributed by atoms with E-state index in [-0.39, 0.29) is 34.0 Å². The van der Waals surface area contributed by atoms with Crippen molar-refractivity contribution in [3.63, 3.8) is 0 Å². The van der Waals surface area contributed by atoms with Crippen LogP contribution in [0.15, 0.2) is 56.8 Å². The topological polar surface area (TPSA) is 127 Å². The van der Waals surface area contributed by atoms with Crippen molar-refractivity contribution in [1.29, 1.82) is 0 Å². The van der Waals surface area contributed by atoms with Gasteiger partial charge in [-0.3, -0.25) is 14.1 Å². The molecule has 0 spiro atoms. The van der Waals surface area contributed by atoms with Crippen LogP contribution < -0.4 is 10.5 Å². The fourth-order valence-electron chi connectivity index (χ4n) is 4.50. The van der Waals surface area contributed by atoms with E-state index in [2.05, 4.69) is 20.1 Å². The van der Waals surface area contributed by atoms with Crippen LogP contribution in [0.3, 0.4) is 0 Å². The third-order valence-electron chi connectivity index (χ3n) is 6.47. The SMILES string of the molecule is O=C(C1CC1)N1CCc2cccc(Cn3c(=O)oc4cc(S(=O)(=O)Nc5ncns5)ccc43)c2C1. The van der Waals surface area contributed by atoms with Crippen molar-refractivity contribution >= 4 is 43.7 Å². The summed E-state index contributed by atoms with van der Waals surface area (Å²) in [5.41, 5.74) is 3.85. The number of carbonyl (C=O) groups excluding carboxylic acids is 1. The maximum Gasteiger partial charge on any atom is 0.420 e. The standard InChI is InChI=1S/C23H21N5O5S2/c29-21(15-4-5-15)27-9-8-14-2-1-3-16(18(14)12-27)11-28-19-7-6-17(10-20(19)33-23(28)30)35(31,32)26-22-24-13-25-34-22/h1-3,6-7,10,13,15H,4-5,8-9,11-12H2,(H,24,25,26). The van der Waals surface area contributed by atoms with Crippen molar-refractivity contribution in [1.82, 2.24) is 18.8 Å². The Bertz CT molecular complexity index is 1600. The molecule has 35 heavy (non-hydrogen) atoms. The second kappa shape index (κ2) is 8.31. The molecule has 1 saturated carbocycles. The van der Waals surface area contributed by atoms with Crippen molar-refractivity contribution in [2.24, 2.45) is 5.92 Å². The molecular weight excluding hydrogens is 490 g/mol. The van der Waals surface area contributed by atoms with Crippen LogP contribution in [0.25, 0.3) is 11.1 Å². The summed E-state index contributed by atoms with van der Waals surface area (Å²) < 4.78 is 38.4. The van der Waals surface area contributed by atoms with Gasteiger partial charge < -0.3 is 9.32 Å². The first-order chi connectivity index (χ1) is 16.9. The van der Waals surface area contributed by atoms with E-state index in [1.807, 2.05) is 17.0 Å². The molecule has 6 rings (SSSR count). The van der Waals surface area contributed by atoms with Gasteiger partial charge in [0.15, 0.2) is 5.58 Å². The molecule has 1 aliphatic heterocycles. The van der Waals surface area contributed by atoms with Gasteiger partial charge in [-0.05, 0) is 48.1 Å². The molecule has 180 valence electrons. The van der Waals surface area contributed by atoms with E-state index in [0.717, 1.165) is 41.9 Å². The van der Waals surface area contributed by atoms with E-state index in [1.165, 1.54) is 28.6 Å². The predicted molar refractivity (Wildman–Crippen MR) is 129 cm³/mol. The molecule has 0 radical (unpaired) electrons. The van der Waals surface area contributed by atoms with E-state index < -0.39 is 15.8 Å². The first-order valence-corrected chi connectivity index (χ1v) is 13.5. The van der Waals surface area contributed by atoms with Gasteiger partial charge in [-0.2, -0.15) is 4.37 Å². The van der Waals surface area contributed by atoms with Gasteiger partial charge in [0.25, 0.3) is 10.0 Å². The highest BCUT2D eigenvalue weighted by molar-refractivity contribution is 7.93. The Morgan fingerprint density at radius 3 is 2.86 bits per heavy atom. The van der Waals surface area contributed by atoms with Gasteiger partial charge >= 0.3 is 5.76 Å². The van der Waals surface area contributed by atoms with E-state index in [9.17, 15) is 18.0 Å².